The number of rotatable bonds is 54. The van der Waals surface area contributed by atoms with Gasteiger partial charge in [-0.3, -0.25) is 48.3 Å². The molecule has 1 atom stereocenters. The summed E-state index contributed by atoms with van der Waals surface area (Å²) in [4.78, 5) is 91.4. The lowest BCUT2D eigenvalue weighted by Crippen LogP contribution is -2.53. The van der Waals surface area contributed by atoms with Gasteiger partial charge in [-0.25, -0.2) is 0 Å². The average Bonchev–Trinajstić information content (AvgIpc) is 3.35. The van der Waals surface area contributed by atoms with E-state index in [9.17, 15) is 54.0 Å². The first-order chi connectivity index (χ1) is 36.7. The molecule has 0 aliphatic carbocycles. The number of nitrogens with zero attached hydrogens (tertiary/aromatic N) is 3. The molecule has 20 heteroatoms. The molecule has 1 aromatic heterocycles. The van der Waals surface area contributed by atoms with E-state index in [1.54, 1.807) is 0 Å². The standard InChI is InChI=1S/C56H98N6O14/c1-3-5-7-9-11-13-15-17-19-21-23-25-27-29-50(63)58-39-49(60-51(64)30-28-26-24-22-20-18-16-14-12-10-8-6-4-2)56(73)57-31-32-74-33-34-75-35-36-76-48-37-46(40-61(42-52(65)66)43-53(67)68)59-47(38-48)41-62(44-54(69)70)45-55(71)72/h37-38,49H,3-36,39-45H2,1-2H3,(H,57,73)(H,58,63)(H,60,64)(H,65,66)(H,67,68)(H,69,70)(H,71,72). The number of hydrogen-bond acceptors (Lipinski definition) is 13. The molecule has 0 saturated heterocycles. The maximum Gasteiger partial charge on any atom is 0.317 e. The van der Waals surface area contributed by atoms with Crippen LogP contribution in [0, 0.1) is 0 Å². The quantitative estimate of drug-likeness (QED) is 0.0303. The van der Waals surface area contributed by atoms with Crippen molar-refractivity contribution < 1.29 is 68.2 Å². The van der Waals surface area contributed by atoms with Crippen LogP contribution in [0.4, 0.5) is 0 Å². The van der Waals surface area contributed by atoms with Gasteiger partial charge in [0.1, 0.15) is 18.4 Å². The summed E-state index contributed by atoms with van der Waals surface area (Å²) in [5, 5.41) is 45.7. The summed E-state index contributed by atoms with van der Waals surface area (Å²) < 4.78 is 17.1. The van der Waals surface area contributed by atoms with Crippen molar-refractivity contribution in [2.45, 2.75) is 213 Å². The number of carboxylic acid groups (broad SMARTS) is 4. The van der Waals surface area contributed by atoms with Crippen LogP contribution in [0.15, 0.2) is 12.1 Å². The van der Waals surface area contributed by atoms with E-state index in [1.165, 1.54) is 134 Å². The number of aliphatic carboxylic acids is 4. The van der Waals surface area contributed by atoms with Crippen molar-refractivity contribution in [3.63, 3.8) is 0 Å². The van der Waals surface area contributed by atoms with Crippen LogP contribution in [-0.2, 0) is 56.1 Å². The summed E-state index contributed by atoms with van der Waals surface area (Å²) in [6.07, 6.45) is 32.0. The molecule has 1 aromatic rings. The van der Waals surface area contributed by atoms with E-state index in [-0.39, 0.29) is 88.2 Å². The predicted octanol–water partition coefficient (Wildman–Crippen LogP) is 8.12. The van der Waals surface area contributed by atoms with Gasteiger partial charge in [-0.2, -0.15) is 0 Å². The van der Waals surface area contributed by atoms with Crippen molar-refractivity contribution in [3.05, 3.63) is 23.5 Å². The zero-order valence-corrected chi connectivity index (χ0v) is 46.4. The molecule has 1 rings (SSSR count). The summed E-state index contributed by atoms with van der Waals surface area (Å²) in [5.74, 6) is -5.60. The van der Waals surface area contributed by atoms with E-state index in [0.29, 0.717) is 12.8 Å². The topological polar surface area (TPSA) is 284 Å². The van der Waals surface area contributed by atoms with Crippen molar-refractivity contribution in [2.75, 3.05) is 72.3 Å². The number of hydrogen-bond donors (Lipinski definition) is 7. The summed E-state index contributed by atoms with van der Waals surface area (Å²) in [5.41, 5.74) is 0.427. The van der Waals surface area contributed by atoms with Crippen molar-refractivity contribution >= 4 is 41.6 Å². The molecule has 436 valence electrons. The molecule has 0 fully saturated rings. The number of pyridine rings is 1. The summed E-state index contributed by atoms with van der Waals surface area (Å²) in [6, 6.07) is 2.01. The molecule has 1 unspecified atom stereocenters. The Hall–Kier alpha value is -4.92. The molecule has 3 amide bonds. The Morgan fingerprint density at radius 1 is 0.474 bits per heavy atom. The number of amides is 3. The van der Waals surface area contributed by atoms with Crippen molar-refractivity contribution in [3.8, 4) is 5.75 Å². The molecule has 20 nitrogen and oxygen atoms in total. The molecular formula is C56H98N6O14. The van der Waals surface area contributed by atoms with E-state index in [0.717, 1.165) is 54.7 Å². The second kappa shape index (κ2) is 47.3. The number of carboxylic acids is 4. The van der Waals surface area contributed by atoms with E-state index in [4.69, 9.17) is 14.2 Å². The molecule has 1 heterocycles. The highest BCUT2D eigenvalue weighted by Gasteiger charge is 2.22. The minimum atomic E-state index is -1.26. The first-order valence-corrected chi connectivity index (χ1v) is 28.7. The fraction of sp³-hybridized carbons (Fsp3) is 0.786. The van der Waals surface area contributed by atoms with E-state index >= 15 is 0 Å². The van der Waals surface area contributed by atoms with Gasteiger partial charge in [-0.1, -0.05) is 168 Å². The molecule has 0 bridgehead atoms. The van der Waals surface area contributed by atoms with Crippen LogP contribution in [0.2, 0.25) is 0 Å². The van der Waals surface area contributed by atoms with Crippen LogP contribution in [0.25, 0.3) is 0 Å². The van der Waals surface area contributed by atoms with Gasteiger partial charge in [-0.15, -0.1) is 0 Å². The van der Waals surface area contributed by atoms with Crippen molar-refractivity contribution in [1.29, 1.82) is 0 Å². The molecule has 0 radical (unpaired) electrons. The molecule has 0 saturated carbocycles. The van der Waals surface area contributed by atoms with E-state index < -0.39 is 62.0 Å². The number of aromatic nitrogens is 1. The Labute approximate surface area is 453 Å². The summed E-state index contributed by atoms with van der Waals surface area (Å²) in [7, 11) is 0. The third kappa shape index (κ3) is 42.2. The minimum Gasteiger partial charge on any atom is -0.491 e. The second-order valence-electron chi connectivity index (χ2n) is 19.9. The summed E-state index contributed by atoms with van der Waals surface area (Å²) in [6.45, 7) is 2.44. The highest BCUT2D eigenvalue weighted by atomic mass is 16.5. The van der Waals surface area contributed by atoms with Gasteiger partial charge in [0.15, 0.2) is 0 Å². The van der Waals surface area contributed by atoms with Crippen LogP contribution in [0.5, 0.6) is 5.75 Å². The third-order valence-corrected chi connectivity index (χ3v) is 12.7. The first-order valence-electron chi connectivity index (χ1n) is 28.7. The lowest BCUT2D eigenvalue weighted by molar-refractivity contribution is -0.144. The normalized spacial score (nSPS) is 11.7. The van der Waals surface area contributed by atoms with Gasteiger partial charge >= 0.3 is 23.9 Å². The third-order valence-electron chi connectivity index (χ3n) is 12.7. The largest absolute Gasteiger partial charge is 0.491 e. The smallest absolute Gasteiger partial charge is 0.317 e. The van der Waals surface area contributed by atoms with Gasteiger partial charge in [0.25, 0.3) is 0 Å². The molecule has 0 aliphatic heterocycles. The van der Waals surface area contributed by atoms with E-state index in [2.05, 4.69) is 34.8 Å². The molecule has 7 N–H and O–H groups in total. The van der Waals surface area contributed by atoms with Crippen LogP contribution in [-0.4, -0.2) is 155 Å². The van der Waals surface area contributed by atoms with Crippen molar-refractivity contribution in [2.24, 2.45) is 0 Å². The van der Waals surface area contributed by atoms with Gasteiger partial charge in [0.05, 0.1) is 64.0 Å². The maximum atomic E-state index is 13.3. The fourth-order valence-electron chi connectivity index (χ4n) is 8.72. The zero-order valence-electron chi connectivity index (χ0n) is 46.4. The Bertz CT molecular complexity index is 1650. The van der Waals surface area contributed by atoms with E-state index in [1.807, 2.05) is 0 Å². The Balaban J connectivity index is 2.62. The predicted molar refractivity (Wildman–Crippen MR) is 291 cm³/mol. The molecule has 0 aliphatic rings. The number of carbonyl (C=O) groups excluding carboxylic acids is 3. The average molecular weight is 1080 g/mol. The first kappa shape index (κ1) is 69.1. The van der Waals surface area contributed by atoms with Crippen LogP contribution in [0.1, 0.15) is 205 Å². The van der Waals surface area contributed by atoms with Gasteiger partial charge < -0.3 is 50.6 Å². The second-order valence-corrected chi connectivity index (χ2v) is 19.9. The Kier molecular flexibility index (Phi) is 43.0. The molecule has 0 aromatic carbocycles. The van der Waals surface area contributed by atoms with Crippen LogP contribution < -0.4 is 20.7 Å². The number of nitrogens with one attached hydrogen (secondary N) is 3. The fourth-order valence-corrected chi connectivity index (χ4v) is 8.72. The molecule has 76 heavy (non-hydrogen) atoms. The van der Waals surface area contributed by atoms with Crippen molar-refractivity contribution in [1.82, 2.24) is 30.7 Å². The lowest BCUT2D eigenvalue weighted by Gasteiger charge is -2.21. The maximum absolute atomic E-state index is 13.3. The Morgan fingerprint density at radius 2 is 0.829 bits per heavy atom. The monoisotopic (exact) mass is 1080 g/mol. The van der Waals surface area contributed by atoms with Gasteiger partial charge in [0.2, 0.25) is 17.7 Å². The lowest BCUT2D eigenvalue weighted by atomic mass is 10.0. The SMILES string of the molecule is CCCCCCCCCCCCCCCC(=O)NCC(NC(=O)CCCCCCCCCCCCCCC)C(=O)NCCOCCOCCOc1cc(CN(CC(=O)O)CC(=O)O)nc(CN(CC(=O)O)CC(=O)O)c1. The molecular weight excluding hydrogens is 981 g/mol. The number of carbonyl (C=O) groups is 7. The zero-order chi connectivity index (χ0) is 55.9. The number of unbranched alkanes of at least 4 members (excludes halogenated alkanes) is 24. The highest BCUT2D eigenvalue weighted by molar-refractivity contribution is 5.88. The number of ether oxygens (including phenoxy) is 3. The summed E-state index contributed by atoms with van der Waals surface area (Å²) >= 11 is 0. The minimum absolute atomic E-state index is 0.0197. The highest BCUT2D eigenvalue weighted by Crippen LogP contribution is 2.19. The van der Waals surface area contributed by atoms with Gasteiger partial charge in [-0.05, 0) is 12.8 Å². The Morgan fingerprint density at radius 3 is 1.22 bits per heavy atom. The molecule has 0 spiro atoms. The van der Waals surface area contributed by atoms with Crippen LogP contribution in [0.3, 0.4) is 0 Å². The van der Waals surface area contributed by atoms with Crippen LogP contribution >= 0.6 is 0 Å². The van der Waals surface area contributed by atoms with Gasteiger partial charge in [0, 0.05) is 51.2 Å².